The number of benzene rings is 1. The third-order valence-electron chi connectivity index (χ3n) is 2.19. The van der Waals surface area contributed by atoms with E-state index < -0.39 is 12.1 Å². The van der Waals surface area contributed by atoms with Gasteiger partial charge in [0.25, 0.3) is 0 Å². The summed E-state index contributed by atoms with van der Waals surface area (Å²) in [6.45, 7) is 0. The average molecular weight is 271 g/mol. The Balaban J connectivity index is 2.13. The number of carbonyl (C=O) groups excluding carboxylic acids is 1. The van der Waals surface area contributed by atoms with Gasteiger partial charge >= 0.3 is 12.1 Å². The number of rotatable bonds is 2. The Kier molecular flexibility index (Phi) is 3.24. The number of carbonyl (C=O) groups is 1. The maximum Gasteiger partial charge on any atom is 0.491 e. The van der Waals surface area contributed by atoms with Crippen LogP contribution in [0.2, 0.25) is 0 Å². The van der Waals surface area contributed by atoms with Crippen LogP contribution in [0.3, 0.4) is 0 Å². The van der Waals surface area contributed by atoms with Crippen molar-refractivity contribution in [3.63, 3.8) is 0 Å². The lowest BCUT2D eigenvalue weighted by Crippen LogP contribution is -2.27. The highest BCUT2D eigenvalue weighted by Gasteiger charge is 2.41. The van der Waals surface area contributed by atoms with Crippen molar-refractivity contribution in [3.05, 3.63) is 30.5 Å². The molecule has 1 heterocycles. The van der Waals surface area contributed by atoms with E-state index in [-0.39, 0.29) is 5.75 Å². The molecule has 2 aromatic rings. The van der Waals surface area contributed by atoms with Crippen LogP contribution in [0.4, 0.5) is 13.2 Å². The first-order valence-corrected chi connectivity index (χ1v) is 5.12. The summed E-state index contributed by atoms with van der Waals surface area (Å²) in [6.07, 6.45) is -3.50. The normalized spacial score (nSPS) is 11.4. The maximum absolute atomic E-state index is 12.0. The van der Waals surface area contributed by atoms with Gasteiger partial charge in [-0.1, -0.05) is 0 Å². The molecule has 1 aromatic heterocycles. The average Bonchev–Trinajstić information content (AvgIpc) is 2.75. The predicted molar refractivity (Wildman–Crippen MR) is 58.1 cm³/mol. The van der Waals surface area contributed by atoms with Crippen molar-refractivity contribution in [2.45, 2.75) is 6.18 Å². The smallest absolute Gasteiger partial charge is 0.420 e. The van der Waals surface area contributed by atoms with Gasteiger partial charge in [0.05, 0.1) is 6.20 Å². The zero-order chi connectivity index (χ0) is 14.0. The quantitative estimate of drug-likeness (QED) is 0.618. The summed E-state index contributed by atoms with van der Waals surface area (Å²) in [5.74, 6) is -2.44. The number of aryl methyl sites for hydroxylation is 1. The second-order valence-electron chi connectivity index (χ2n) is 3.63. The number of halogens is 3. The SMILES string of the molecule is Cn1ncc(-c2ccc(OC(=O)C(F)(F)F)cc2)n1. The summed E-state index contributed by atoms with van der Waals surface area (Å²) in [6, 6.07) is 5.49. The lowest BCUT2D eigenvalue weighted by Gasteiger charge is -2.06. The Morgan fingerprint density at radius 1 is 1.26 bits per heavy atom. The molecule has 1 aromatic carbocycles. The molecule has 5 nitrogen and oxygen atoms in total. The Morgan fingerprint density at radius 2 is 1.89 bits per heavy atom. The number of hydrogen-bond acceptors (Lipinski definition) is 4. The van der Waals surface area contributed by atoms with Crippen molar-refractivity contribution in [1.29, 1.82) is 0 Å². The molecule has 0 unspecified atom stereocenters. The van der Waals surface area contributed by atoms with Crippen molar-refractivity contribution >= 4 is 5.97 Å². The molecule has 0 saturated carbocycles. The highest BCUT2D eigenvalue weighted by molar-refractivity contribution is 5.78. The van der Waals surface area contributed by atoms with Crippen LogP contribution in [0.15, 0.2) is 30.5 Å². The van der Waals surface area contributed by atoms with Gasteiger partial charge in [0.2, 0.25) is 0 Å². The molecule has 0 fully saturated rings. The van der Waals surface area contributed by atoms with Gasteiger partial charge in [0.15, 0.2) is 0 Å². The van der Waals surface area contributed by atoms with Crippen molar-refractivity contribution < 1.29 is 22.7 Å². The predicted octanol–water partition coefficient (Wildman–Crippen LogP) is 1.95. The Morgan fingerprint density at radius 3 is 2.37 bits per heavy atom. The van der Waals surface area contributed by atoms with Crippen molar-refractivity contribution in [2.24, 2.45) is 7.05 Å². The largest absolute Gasteiger partial charge is 0.491 e. The molecule has 0 N–H and O–H groups in total. The molecule has 0 spiro atoms. The lowest BCUT2D eigenvalue weighted by molar-refractivity contribution is -0.189. The van der Waals surface area contributed by atoms with E-state index in [0.29, 0.717) is 11.3 Å². The minimum absolute atomic E-state index is 0.185. The molecule has 2 rings (SSSR count). The monoisotopic (exact) mass is 271 g/mol. The fourth-order valence-corrected chi connectivity index (χ4v) is 1.34. The molecule has 100 valence electrons. The zero-order valence-corrected chi connectivity index (χ0v) is 9.68. The molecule has 0 atom stereocenters. The van der Waals surface area contributed by atoms with E-state index in [9.17, 15) is 18.0 Å². The van der Waals surface area contributed by atoms with Gasteiger partial charge in [0, 0.05) is 12.6 Å². The van der Waals surface area contributed by atoms with E-state index in [4.69, 9.17) is 0 Å². The van der Waals surface area contributed by atoms with Crippen molar-refractivity contribution in [2.75, 3.05) is 0 Å². The van der Waals surface area contributed by atoms with Gasteiger partial charge < -0.3 is 4.74 Å². The summed E-state index contributed by atoms with van der Waals surface area (Å²) in [4.78, 5) is 12.0. The highest BCUT2D eigenvalue weighted by atomic mass is 19.4. The summed E-state index contributed by atoms with van der Waals surface area (Å²) < 4.78 is 40.1. The summed E-state index contributed by atoms with van der Waals surface area (Å²) >= 11 is 0. The fourth-order valence-electron chi connectivity index (χ4n) is 1.34. The molecular formula is C11H8F3N3O2. The Labute approximate surface area is 105 Å². The minimum Gasteiger partial charge on any atom is -0.420 e. The van der Waals surface area contributed by atoms with Crippen LogP contribution >= 0.6 is 0 Å². The topological polar surface area (TPSA) is 57.0 Å². The van der Waals surface area contributed by atoms with Crippen LogP contribution in [0.1, 0.15) is 0 Å². The molecule has 0 aliphatic rings. The summed E-state index contributed by atoms with van der Waals surface area (Å²) in [5, 5.41) is 7.90. The third-order valence-corrected chi connectivity index (χ3v) is 2.19. The van der Waals surface area contributed by atoms with Crippen LogP contribution in [0, 0.1) is 0 Å². The number of nitrogens with zero attached hydrogens (tertiary/aromatic N) is 3. The highest BCUT2D eigenvalue weighted by Crippen LogP contribution is 2.23. The lowest BCUT2D eigenvalue weighted by atomic mass is 10.2. The van der Waals surface area contributed by atoms with E-state index in [1.807, 2.05) is 0 Å². The molecular weight excluding hydrogens is 263 g/mol. The molecule has 8 heteroatoms. The number of hydrogen-bond donors (Lipinski definition) is 0. The molecule has 0 aliphatic heterocycles. The Hall–Kier alpha value is -2.38. The van der Waals surface area contributed by atoms with Crippen molar-refractivity contribution in [3.8, 4) is 17.0 Å². The molecule has 0 bridgehead atoms. The van der Waals surface area contributed by atoms with Crippen LogP contribution in [-0.2, 0) is 11.8 Å². The van der Waals surface area contributed by atoms with Crippen LogP contribution in [0.25, 0.3) is 11.3 Å². The number of aromatic nitrogens is 3. The molecule has 0 amide bonds. The number of ether oxygens (including phenoxy) is 1. The Bertz CT molecular complexity index is 590. The van der Waals surface area contributed by atoms with Gasteiger partial charge in [0.1, 0.15) is 11.4 Å². The first-order valence-electron chi connectivity index (χ1n) is 5.12. The summed E-state index contributed by atoms with van der Waals surface area (Å²) in [7, 11) is 1.64. The first kappa shape index (κ1) is 13.1. The van der Waals surface area contributed by atoms with Crippen molar-refractivity contribution in [1.82, 2.24) is 15.0 Å². The van der Waals surface area contributed by atoms with E-state index in [1.165, 1.54) is 35.3 Å². The molecule has 0 radical (unpaired) electrons. The van der Waals surface area contributed by atoms with Gasteiger partial charge in [-0.3, -0.25) is 0 Å². The zero-order valence-electron chi connectivity index (χ0n) is 9.68. The van der Waals surface area contributed by atoms with Gasteiger partial charge in [-0.05, 0) is 24.3 Å². The third kappa shape index (κ3) is 3.09. The molecule has 19 heavy (non-hydrogen) atoms. The molecule has 0 aliphatic carbocycles. The van der Waals surface area contributed by atoms with Gasteiger partial charge in [-0.2, -0.15) is 28.2 Å². The summed E-state index contributed by atoms with van der Waals surface area (Å²) in [5.41, 5.74) is 1.22. The second-order valence-corrected chi connectivity index (χ2v) is 3.63. The second kappa shape index (κ2) is 4.71. The maximum atomic E-state index is 12.0. The first-order chi connectivity index (χ1) is 8.86. The van der Waals surface area contributed by atoms with E-state index in [0.717, 1.165) is 0 Å². The van der Waals surface area contributed by atoms with E-state index >= 15 is 0 Å². The van der Waals surface area contributed by atoms with Gasteiger partial charge in [-0.15, -0.1) is 0 Å². The standard InChI is InChI=1S/C11H8F3N3O2/c1-17-15-6-9(16-17)7-2-4-8(5-3-7)19-10(18)11(12,13)14/h2-6H,1H3. The number of alkyl halides is 3. The van der Waals surface area contributed by atoms with Crippen LogP contribution in [0.5, 0.6) is 5.75 Å². The molecule has 0 saturated heterocycles. The van der Waals surface area contributed by atoms with Crippen LogP contribution in [-0.4, -0.2) is 27.1 Å². The van der Waals surface area contributed by atoms with Crippen LogP contribution < -0.4 is 4.74 Å². The van der Waals surface area contributed by atoms with E-state index in [2.05, 4.69) is 14.9 Å². The minimum atomic E-state index is -5.01. The fraction of sp³-hybridized carbons (Fsp3) is 0.182. The number of esters is 1. The van der Waals surface area contributed by atoms with E-state index in [1.54, 1.807) is 7.05 Å². The van der Waals surface area contributed by atoms with Gasteiger partial charge in [-0.25, -0.2) is 4.79 Å².